The van der Waals surface area contributed by atoms with Gasteiger partial charge in [0.15, 0.2) is 0 Å². The number of halogens is 1. The zero-order valence-corrected chi connectivity index (χ0v) is 11.1. The van der Waals surface area contributed by atoms with Crippen LogP contribution in [-0.4, -0.2) is 39.6 Å². The van der Waals surface area contributed by atoms with Crippen molar-refractivity contribution >= 4 is 30.3 Å². The highest BCUT2D eigenvalue weighted by atomic mass is 35.5. The minimum atomic E-state index is -1.46. The number of carbonyl (C=O) groups is 3. The molecule has 1 amide bonds. The Balaban J connectivity index is 0.00000180. The molecule has 5 atom stereocenters. The van der Waals surface area contributed by atoms with Crippen LogP contribution in [0.2, 0.25) is 0 Å². The van der Waals surface area contributed by atoms with Gasteiger partial charge in [-0.15, -0.1) is 12.4 Å². The Kier molecular flexibility index (Phi) is 4.11. The number of aliphatic carboxylic acids is 2. The van der Waals surface area contributed by atoms with Gasteiger partial charge in [-0.2, -0.15) is 0 Å². The molecular formula is C11H17ClN2O5. The topological polar surface area (TPSA) is 130 Å². The molecule has 19 heavy (non-hydrogen) atoms. The Morgan fingerprint density at radius 2 is 1.95 bits per heavy atom. The van der Waals surface area contributed by atoms with Gasteiger partial charge in [0.1, 0.15) is 5.54 Å². The van der Waals surface area contributed by atoms with Gasteiger partial charge in [0.25, 0.3) is 0 Å². The monoisotopic (exact) mass is 292 g/mol. The van der Waals surface area contributed by atoms with Crippen molar-refractivity contribution in [3.8, 4) is 0 Å². The second kappa shape index (κ2) is 4.97. The van der Waals surface area contributed by atoms with E-state index in [0.717, 1.165) is 0 Å². The third kappa shape index (κ3) is 2.28. The van der Waals surface area contributed by atoms with Gasteiger partial charge in [0.2, 0.25) is 5.91 Å². The summed E-state index contributed by atoms with van der Waals surface area (Å²) in [4.78, 5) is 34.0. The van der Waals surface area contributed by atoms with Crippen molar-refractivity contribution in [1.82, 2.24) is 5.32 Å². The Morgan fingerprint density at radius 1 is 1.37 bits per heavy atom. The van der Waals surface area contributed by atoms with Crippen LogP contribution in [0.15, 0.2) is 0 Å². The highest BCUT2D eigenvalue weighted by Gasteiger charge is 2.72. The van der Waals surface area contributed by atoms with E-state index in [1.807, 2.05) is 0 Å². The van der Waals surface area contributed by atoms with Crippen LogP contribution in [0.5, 0.6) is 0 Å². The van der Waals surface area contributed by atoms with Gasteiger partial charge >= 0.3 is 11.9 Å². The number of hydrogen-bond acceptors (Lipinski definition) is 4. The first kappa shape index (κ1) is 15.7. The smallest absolute Gasteiger partial charge is 0.329 e. The minimum Gasteiger partial charge on any atom is -0.481 e. The summed E-state index contributed by atoms with van der Waals surface area (Å²) >= 11 is 0. The maximum absolute atomic E-state index is 11.6. The quantitative estimate of drug-likeness (QED) is 0.549. The van der Waals surface area contributed by atoms with Gasteiger partial charge in [-0.25, -0.2) is 4.79 Å². The van der Waals surface area contributed by atoms with Gasteiger partial charge in [-0.1, -0.05) is 0 Å². The van der Waals surface area contributed by atoms with E-state index in [2.05, 4.69) is 5.32 Å². The predicted molar refractivity (Wildman–Crippen MR) is 66.7 cm³/mol. The van der Waals surface area contributed by atoms with Crippen molar-refractivity contribution in [2.75, 3.05) is 0 Å². The lowest BCUT2D eigenvalue weighted by Crippen LogP contribution is -2.58. The molecule has 2 saturated carbocycles. The molecule has 0 saturated heterocycles. The number of nitrogens with one attached hydrogen (secondary N) is 1. The molecule has 0 radical (unpaired) electrons. The van der Waals surface area contributed by atoms with Crippen LogP contribution in [0.3, 0.4) is 0 Å². The highest BCUT2D eigenvalue weighted by Crippen LogP contribution is 2.62. The number of hydrogen-bond donors (Lipinski definition) is 4. The van der Waals surface area contributed by atoms with Crippen LogP contribution in [0.4, 0.5) is 0 Å². The maximum atomic E-state index is 11.6. The third-order valence-electron chi connectivity index (χ3n) is 4.04. The summed E-state index contributed by atoms with van der Waals surface area (Å²) in [7, 11) is 0. The SMILES string of the molecule is C[C@@H](N)C(=O)N[C@@]1(C(=O)O)CC[C@H]2[C@H](C(=O)O)[C@H]21.Cl. The van der Waals surface area contributed by atoms with Crippen LogP contribution >= 0.6 is 12.4 Å². The largest absolute Gasteiger partial charge is 0.481 e. The molecule has 2 aliphatic rings. The summed E-state index contributed by atoms with van der Waals surface area (Å²) in [6, 6.07) is -0.817. The molecule has 0 spiro atoms. The summed E-state index contributed by atoms with van der Waals surface area (Å²) in [6.45, 7) is 1.46. The van der Waals surface area contributed by atoms with Crippen molar-refractivity contribution in [3.63, 3.8) is 0 Å². The maximum Gasteiger partial charge on any atom is 0.329 e. The number of carboxylic acids is 2. The third-order valence-corrected chi connectivity index (χ3v) is 4.04. The molecular weight excluding hydrogens is 276 g/mol. The number of fused-ring (bicyclic) bond motifs is 1. The standard InChI is InChI=1S/C11H16N2O5.ClH/c1-4(12)8(14)13-11(10(17)18)3-2-5-6(7(5)11)9(15)16;/h4-7H,2-3,12H2,1H3,(H,13,14)(H,15,16)(H,17,18);1H/t4-,5+,6+,7+,11+;/m1./s1. The zero-order valence-electron chi connectivity index (χ0n) is 10.3. The summed E-state index contributed by atoms with van der Waals surface area (Å²) in [5, 5.41) is 20.8. The number of nitrogens with two attached hydrogens (primary N) is 1. The molecule has 0 aromatic carbocycles. The number of carboxylic acid groups (broad SMARTS) is 2. The fourth-order valence-electron chi connectivity index (χ4n) is 3.09. The second-order valence-corrected chi connectivity index (χ2v) is 5.15. The number of rotatable bonds is 4. The minimum absolute atomic E-state index is 0. The summed E-state index contributed by atoms with van der Waals surface area (Å²) in [5.41, 5.74) is 3.95. The molecule has 0 aromatic heterocycles. The van der Waals surface area contributed by atoms with Crippen molar-refractivity contribution in [2.24, 2.45) is 23.5 Å². The summed E-state index contributed by atoms with van der Waals surface area (Å²) in [5.74, 6) is -4.06. The molecule has 2 fully saturated rings. The predicted octanol–water partition coefficient (Wildman–Crippen LogP) is -0.564. The van der Waals surface area contributed by atoms with Crippen LogP contribution in [0.1, 0.15) is 19.8 Å². The lowest BCUT2D eigenvalue weighted by Gasteiger charge is -2.29. The van der Waals surface area contributed by atoms with E-state index in [9.17, 15) is 19.5 Å². The van der Waals surface area contributed by atoms with Gasteiger partial charge in [-0.3, -0.25) is 9.59 Å². The van der Waals surface area contributed by atoms with Gasteiger partial charge in [-0.05, 0) is 25.7 Å². The fraction of sp³-hybridized carbons (Fsp3) is 0.727. The fourth-order valence-corrected chi connectivity index (χ4v) is 3.09. The Hall–Kier alpha value is -1.34. The molecule has 0 unspecified atom stereocenters. The van der Waals surface area contributed by atoms with Gasteiger partial charge in [0.05, 0.1) is 12.0 Å². The van der Waals surface area contributed by atoms with Crippen LogP contribution < -0.4 is 11.1 Å². The van der Waals surface area contributed by atoms with Crippen molar-refractivity contribution in [3.05, 3.63) is 0 Å². The zero-order chi connectivity index (χ0) is 13.7. The van der Waals surface area contributed by atoms with E-state index in [1.54, 1.807) is 0 Å². The van der Waals surface area contributed by atoms with Crippen LogP contribution in [0.25, 0.3) is 0 Å². The van der Waals surface area contributed by atoms with E-state index in [0.29, 0.717) is 6.42 Å². The van der Waals surface area contributed by atoms with Crippen LogP contribution in [-0.2, 0) is 14.4 Å². The molecule has 0 aromatic rings. The number of amides is 1. The van der Waals surface area contributed by atoms with Crippen LogP contribution in [0, 0.1) is 17.8 Å². The molecule has 0 bridgehead atoms. The van der Waals surface area contributed by atoms with Crippen molar-refractivity contribution < 1.29 is 24.6 Å². The summed E-state index contributed by atoms with van der Waals surface area (Å²) in [6.07, 6.45) is 0.771. The molecule has 108 valence electrons. The van der Waals surface area contributed by atoms with E-state index >= 15 is 0 Å². The normalized spacial score (nSPS) is 36.6. The molecule has 2 rings (SSSR count). The van der Waals surface area contributed by atoms with E-state index in [1.165, 1.54) is 6.92 Å². The molecule has 0 heterocycles. The first-order valence-electron chi connectivity index (χ1n) is 5.85. The summed E-state index contributed by atoms with van der Waals surface area (Å²) < 4.78 is 0. The molecule has 5 N–H and O–H groups in total. The van der Waals surface area contributed by atoms with E-state index in [4.69, 9.17) is 10.8 Å². The van der Waals surface area contributed by atoms with Gasteiger partial charge in [0, 0.05) is 5.92 Å². The average Bonchev–Trinajstić information content (AvgIpc) is 2.89. The van der Waals surface area contributed by atoms with Crippen molar-refractivity contribution in [1.29, 1.82) is 0 Å². The molecule has 0 aliphatic heterocycles. The average molecular weight is 293 g/mol. The van der Waals surface area contributed by atoms with E-state index in [-0.39, 0.29) is 24.7 Å². The lowest BCUT2D eigenvalue weighted by atomic mass is 9.90. The molecule has 7 nitrogen and oxygen atoms in total. The Labute approximate surface area is 115 Å². The highest BCUT2D eigenvalue weighted by molar-refractivity contribution is 5.92. The number of carbonyl (C=O) groups excluding carboxylic acids is 1. The Morgan fingerprint density at radius 3 is 2.32 bits per heavy atom. The Bertz CT molecular complexity index is 427. The molecule has 8 heteroatoms. The first-order valence-corrected chi connectivity index (χ1v) is 5.85. The van der Waals surface area contributed by atoms with E-state index < -0.39 is 41.3 Å². The lowest BCUT2D eigenvalue weighted by molar-refractivity contribution is -0.150. The van der Waals surface area contributed by atoms with Gasteiger partial charge < -0.3 is 21.3 Å². The molecule has 2 aliphatic carbocycles. The van der Waals surface area contributed by atoms with Crippen molar-refractivity contribution in [2.45, 2.75) is 31.3 Å². The second-order valence-electron chi connectivity index (χ2n) is 5.15. The first-order chi connectivity index (χ1) is 8.31.